The number of halogens is 1. The number of fused-ring (bicyclic) bond motifs is 1. The SMILES string of the molecule is O=C(Nc1cnn(C[C@@H]2COc3ccccc3O2)c1)c1cc(-c2ccc(F)cc2)c[nH]1. The molecule has 0 spiro atoms. The number of rotatable bonds is 5. The van der Waals surface area contributed by atoms with Gasteiger partial charge in [0, 0.05) is 12.4 Å². The number of H-pyrrole nitrogens is 1. The van der Waals surface area contributed by atoms with Gasteiger partial charge in [0.25, 0.3) is 5.91 Å². The molecule has 4 aromatic rings. The number of anilines is 1. The highest BCUT2D eigenvalue weighted by Crippen LogP contribution is 2.31. The van der Waals surface area contributed by atoms with Gasteiger partial charge in [0.2, 0.25) is 0 Å². The molecule has 0 radical (unpaired) electrons. The van der Waals surface area contributed by atoms with Crippen LogP contribution in [0.15, 0.2) is 73.2 Å². The van der Waals surface area contributed by atoms with Gasteiger partial charge < -0.3 is 19.8 Å². The number of amides is 1. The van der Waals surface area contributed by atoms with Crippen LogP contribution in [0.25, 0.3) is 11.1 Å². The second-order valence-corrected chi connectivity index (χ2v) is 7.21. The summed E-state index contributed by atoms with van der Waals surface area (Å²) in [6, 6.07) is 15.4. The van der Waals surface area contributed by atoms with Crippen LogP contribution in [0.3, 0.4) is 0 Å². The molecule has 2 aromatic heterocycles. The smallest absolute Gasteiger partial charge is 0.272 e. The van der Waals surface area contributed by atoms with E-state index in [4.69, 9.17) is 9.47 Å². The molecule has 0 bridgehead atoms. The van der Waals surface area contributed by atoms with Crippen LogP contribution in [-0.2, 0) is 6.54 Å². The largest absolute Gasteiger partial charge is 0.486 e. The van der Waals surface area contributed by atoms with E-state index in [9.17, 15) is 9.18 Å². The molecule has 3 heterocycles. The molecule has 2 aromatic carbocycles. The van der Waals surface area contributed by atoms with Gasteiger partial charge in [-0.3, -0.25) is 9.48 Å². The summed E-state index contributed by atoms with van der Waals surface area (Å²) in [5.41, 5.74) is 2.59. The van der Waals surface area contributed by atoms with Crippen molar-refractivity contribution in [3.63, 3.8) is 0 Å². The second kappa shape index (κ2) is 7.98. The van der Waals surface area contributed by atoms with Crippen molar-refractivity contribution in [1.82, 2.24) is 14.8 Å². The van der Waals surface area contributed by atoms with Crippen LogP contribution in [0.2, 0.25) is 0 Å². The number of hydrogen-bond acceptors (Lipinski definition) is 4. The topological polar surface area (TPSA) is 81.2 Å². The number of hydrogen-bond donors (Lipinski definition) is 2. The zero-order chi connectivity index (χ0) is 21.2. The lowest BCUT2D eigenvalue weighted by Gasteiger charge is -2.26. The van der Waals surface area contributed by atoms with Crippen molar-refractivity contribution in [2.24, 2.45) is 0 Å². The van der Waals surface area contributed by atoms with E-state index >= 15 is 0 Å². The van der Waals surface area contributed by atoms with Gasteiger partial charge in [0.15, 0.2) is 17.6 Å². The number of para-hydroxylation sites is 2. The molecule has 0 saturated heterocycles. The number of aromatic nitrogens is 3. The van der Waals surface area contributed by atoms with Crippen molar-refractivity contribution in [1.29, 1.82) is 0 Å². The Morgan fingerprint density at radius 1 is 1.16 bits per heavy atom. The molecule has 0 fully saturated rings. The Labute approximate surface area is 177 Å². The number of carbonyl (C=O) groups is 1. The lowest BCUT2D eigenvalue weighted by molar-refractivity contribution is 0.0759. The Morgan fingerprint density at radius 2 is 1.97 bits per heavy atom. The van der Waals surface area contributed by atoms with Crippen molar-refractivity contribution < 1.29 is 18.7 Å². The average Bonchev–Trinajstić information content (AvgIpc) is 3.44. The number of nitrogens with one attached hydrogen (secondary N) is 2. The molecule has 2 N–H and O–H groups in total. The normalized spacial score (nSPS) is 14.9. The van der Waals surface area contributed by atoms with Crippen LogP contribution >= 0.6 is 0 Å². The monoisotopic (exact) mass is 418 g/mol. The number of aromatic amines is 1. The van der Waals surface area contributed by atoms with E-state index in [2.05, 4.69) is 15.4 Å². The fourth-order valence-corrected chi connectivity index (χ4v) is 3.42. The van der Waals surface area contributed by atoms with Gasteiger partial charge in [-0.05, 0) is 41.5 Å². The molecular formula is C23H19FN4O3. The number of carbonyl (C=O) groups excluding carboxylic acids is 1. The first kappa shape index (κ1) is 18.9. The molecule has 7 nitrogen and oxygen atoms in total. The summed E-state index contributed by atoms with van der Waals surface area (Å²) in [4.78, 5) is 15.5. The highest BCUT2D eigenvalue weighted by Gasteiger charge is 2.21. The summed E-state index contributed by atoms with van der Waals surface area (Å²) >= 11 is 0. The molecule has 1 atom stereocenters. The standard InChI is InChI=1S/C23H19FN4O3/c24-17-7-5-15(6-8-17)16-9-20(25-10-16)23(29)27-18-11-26-28(12-18)13-19-14-30-21-3-1-2-4-22(21)31-19/h1-12,19,25H,13-14H2,(H,27,29)/t19-/m1/s1. The Bertz CT molecular complexity index is 1220. The van der Waals surface area contributed by atoms with E-state index < -0.39 is 0 Å². The van der Waals surface area contributed by atoms with Crippen LogP contribution in [0.4, 0.5) is 10.1 Å². The minimum atomic E-state index is -0.302. The van der Waals surface area contributed by atoms with Gasteiger partial charge in [-0.15, -0.1) is 0 Å². The summed E-state index contributed by atoms with van der Waals surface area (Å²) < 4.78 is 26.5. The lowest BCUT2D eigenvalue weighted by atomic mass is 10.1. The summed E-state index contributed by atoms with van der Waals surface area (Å²) in [5.74, 6) is 0.851. The first-order valence-corrected chi connectivity index (χ1v) is 9.81. The van der Waals surface area contributed by atoms with Gasteiger partial charge in [0.05, 0.1) is 18.4 Å². The minimum Gasteiger partial charge on any atom is -0.486 e. The third-order valence-corrected chi connectivity index (χ3v) is 4.95. The van der Waals surface area contributed by atoms with Gasteiger partial charge >= 0.3 is 0 Å². The zero-order valence-electron chi connectivity index (χ0n) is 16.4. The Balaban J connectivity index is 1.21. The molecule has 156 valence electrons. The fraction of sp³-hybridized carbons (Fsp3) is 0.130. The molecule has 5 rings (SSSR count). The van der Waals surface area contributed by atoms with Crippen molar-refractivity contribution >= 4 is 11.6 Å². The van der Waals surface area contributed by atoms with E-state index in [1.807, 2.05) is 24.3 Å². The minimum absolute atomic E-state index is 0.181. The summed E-state index contributed by atoms with van der Waals surface area (Å²) in [5, 5.41) is 7.11. The first-order valence-electron chi connectivity index (χ1n) is 9.81. The molecule has 0 saturated carbocycles. The van der Waals surface area contributed by atoms with E-state index in [-0.39, 0.29) is 17.8 Å². The number of ether oxygens (including phenoxy) is 2. The van der Waals surface area contributed by atoms with Gasteiger partial charge in [0.1, 0.15) is 18.1 Å². The van der Waals surface area contributed by atoms with Gasteiger partial charge in [-0.1, -0.05) is 24.3 Å². The Kier molecular flexibility index (Phi) is 4.87. The quantitative estimate of drug-likeness (QED) is 0.511. The Hall–Kier alpha value is -4.07. The summed E-state index contributed by atoms with van der Waals surface area (Å²) in [6.07, 6.45) is 4.86. The lowest BCUT2D eigenvalue weighted by Crippen LogP contribution is -2.33. The molecule has 1 amide bonds. The highest BCUT2D eigenvalue weighted by molar-refractivity contribution is 6.03. The van der Waals surface area contributed by atoms with Gasteiger partial charge in [-0.2, -0.15) is 5.10 Å². The van der Waals surface area contributed by atoms with E-state index in [1.54, 1.807) is 41.5 Å². The van der Waals surface area contributed by atoms with Crippen molar-refractivity contribution in [2.75, 3.05) is 11.9 Å². The second-order valence-electron chi connectivity index (χ2n) is 7.21. The van der Waals surface area contributed by atoms with Crippen molar-refractivity contribution in [2.45, 2.75) is 12.6 Å². The molecule has 31 heavy (non-hydrogen) atoms. The maximum absolute atomic E-state index is 13.1. The number of benzene rings is 2. The van der Waals surface area contributed by atoms with Crippen LogP contribution < -0.4 is 14.8 Å². The van der Waals surface area contributed by atoms with E-state index in [0.29, 0.717) is 30.3 Å². The van der Waals surface area contributed by atoms with E-state index in [1.165, 1.54) is 12.1 Å². The molecular weight excluding hydrogens is 399 g/mol. The summed E-state index contributed by atoms with van der Waals surface area (Å²) in [6.45, 7) is 0.911. The molecule has 1 aliphatic rings. The third kappa shape index (κ3) is 4.13. The molecule has 1 aliphatic heterocycles. The summed E-state index contributed by atoms with van der Waals surface area (Å²) in [7, 11) is 0. The molecule has 8 heteroatoms. The first-order chi connectivity index (χ1) is 15.1. The van der Waals surface area contributed by atoms with Crippen molar-refractivity contribution in [3.05, 3.63) is 84.7 Å². The molecule has 0 unspecified atom stereocenters. The van der Waals surface area contributed by atoms with Crippen LogP contribution in [-0.4, -0.2) is 33.4 Å². The molecule has 0 aliphatic carbocycles. The van der Waals surface area contributed by atoms with Crippen LogP contribution in [0, 0.1) is 5.82 Å². The van der Waals surface area contributed by atoms with Gasteiger partial charge in [-0.25, -0.2) is 4.39 Å². The highest BCUT2D eigenvalue weighted by atomic mass is 19.1. The predicted molar refractivity (Wildman–Crippen MR) is 113 cm³/mol. The maximum Gasteiger partial charge on any atom is 0.272 e. The average molecular weight is 418 g/mol. The predicted octanol–water partition coefficient (Wildman–Crippen LogP) is 4.11. The third-order valence-electron chi connectivity index (χ3n) is 4.95. The van der Waals surface area contributed by atoms with Crippen LogP contribution in [0.1, 0.15) is 10.5 Å². The number of nitrogens with zero attached hydrogens (tertiary/aromatic N) is 2. The van der Waals surface area contributed by atoms with Crippen LogP contribution in [0.5, 0.6) is 11.5 Å². The fourth-order valence-electron chi connectivity index (χ4n) is 3.42. The van der Waals surface area contributed by atoms with E-state index in [0.717, 1.165) is 16.9 Å². The Morgan fingerprint density at radius 3 is 2.81 bits per heavy atom. The zero-order valence-corrected chi connectivity index (χ0v) is 16.4. The van der Waals surface area contributed by atoms with Crippen molar-refractivity contribution in [3.8, 4) is 22.6 Å². The maximum atomic E-state index is 13.1.